The third kappa shape index (κ3) is 103. The second kappa shape index (κ2) is 104. The fourth-order valence-electron chi connectivity index (χ4n) is 0.857. The van der Waals surface area contributed by atoms with Gasteiger partial charge >= 0.3 is 0 Å². The molecule has 0 aromatic heterocycles. The fourth-order valence-corrected chi connectivity index (χ4v) is 200. The maximum Gasteiger partial charge on any atom is 0.0746 e. The zero-order valence-corrected chi connectivity index (χ0v) is 94.6. The molecular formula is CH4OS76. The molecule has 1 nitrogen and oxygen atoms in total. The molecule has 470 valence electrons. The topological polar surface area (TPSA) is 9.23 Å². The van der Waals surface area contributed by atoms with Crippen molar-refractivity contribution in [2.24, 2.45) is 0 Å². The van der Waals surface area contributed by atoms with Crippen molar-refractivity contribution in [1.82, 2.24) is 0 Å². The smallest absolute Gasteiger partial charge is 0.0746 e. The summed E-state index contributed by atoms with van der Waals surface area (Å²) in [6.07, 6.45) is 0. The van der Waals surface area contributed by atoms with Crippen LogP contribution in [-0.4, -0.2) is 7.11 Å². The van der Waals surface area contributed by atoms with Crippen molar-refractivity contribution in [2.75, 3.05) is 7.11 Å². The van der Waals surface area contributed by atoms with E-state index in [4.69, 9.17) is 4.18 Å². The Bertz CT molecular complexity index is 889. The van der Waals surface area contributed by atoms with E-state index in [1.165, 1.54) is 20.9 Å². The summed E-state index contributed by atoms with van der Waals surface area (Å²) in [6, 6.07) is 0. The zero-order chi connectivity index (χ0) is 55.7. The molecule has 0 aromatic carbocycles. The van der Waals surface area contributed by atoms with Crippen LogP contribution in [0.1, 0.15) is 0 Å². The molecule has 0 unspecified atom stereocenters. The molecule has 0 fully saturated rings. The molecule has 0 rings (SSSR count). The van der Waals surface area contributed by atoms with Crippen LogP contribution in [0.25, 0.3) is 0 Å². The van der Waals surface area contributed by atoms with E-state index in [1.54, 1.807) is 115 Å². The van der Waals surface area contributed by atoms with Crippen molar-refractivity contribution in [3.63, 3.8) is 0 Å². The lowest BCUT2D eigenvalue weighted by atomic mass is 11.8. The molecule has 77 heteroatoms. The summed E-state index contributed by atoms with van der Waals surface area (Å²) in [5, 5.41) is 0. The number of rotatable bonds is 75. The first-order valence-electron chi connectivity index (χ1n) is 13.1. The van der Waals surface area contributed by atoms with Gasteiger partial charge in [0.05, 0.1) is 18.2 Å². The molecule has 0 N–H and O–H groups in total. The minimum absolute atomic E-state index is 1.40. The van der Waals surface area contributed by atoms with Gasteiger partial charge < -0.3 is 4.18 Å². The van der Waals surface area contributed by atoms with Gasteiger partial charge in [-0.2, -0.15) is 0 Å². The first-order valence-corrected chi connectivity index (χ1v) is 114. The van der Waals surface area contributed by atoms with Gasteiger partial charge in [0.2, 0.25) is 0 Å². The van der Waals surface area contributed by atoms with Crippen LogP contribution in [0.15, 0.2) is 0 Å². The average molecular weight is 2470 g/mol. The Kier molecular flexibility index (Phi) is 139. The molecule has 0 aliphatic heterocycles. The summed E-state index contributed by atoms with van der Waals surface area (Å²) >= 11 is 5.50. The predicted octanol–water partition coefficient (Wildman–Crippen LogP) is 49.1. The molecule has 0 spiro atoms. The number of hydrogen-bond acceptors (Lipinski definition) is 77. The van der Waals surface area contributed by atoms with Crippen molar-refractivity contribution >= 4 is 750 Å². The van der Waals surface area contributed by atoms with Gasteiger partial charge in [0.25, 0.3) is 0 Å². The highest BCUT2D eigenvalue weighted by molar-refractivity contribution is 9.66. The van der Waals surface area contributed by atoms with Crippen molar-refractivity contribution in [3.8, 4) is 0 Å². The second-order valence-corrected chi connectivity index (χ2v) is 137. The summed E-state index contributed by atoms with van der Waals surface area (Å²) in [4.78, 5) is 0. The first kappa shape index (κ1) is 105. The van der Waals surface area contributed by atoms with Gasteiger partial charge in [-0.3, -0.25) is 0 Å². The minimum Gasteiger partial charge on any atom is -0.308 e. The fraction of sp³-hybridized carbons (Fsp3) is 1.00. The third-order valence-corrected chi connectivity index (χ3v) is 166. The molecule has 0 bridgehead atoms. The SMILES string of the molecule is COSSSSSSSSSSSSSSSSSSSSSSSSSSSSSSSSSSSSSSSSSSSSSSSSSSSSSSSSSSSSSSSSSSSSSSSSSSSS. The van der Waals surface area contributed by atoms with E-state index in [9.17, 15) is 0 Å². The van der Waals surface area contributed by atoms with Crippen LogP contribution < -0.4 is 0 Å². The molecule has 0 atom stereocenters. The van der Waals surface area contributed by atoms with E-state index in [1.807, 2.05) is 609 Å². The van der Waals surface area contributed by atoms with Gasteiger partial charge in [-0.15, -0.1) is 0 Å². The normalized spacial score (nSPS) is 11.8. The summed E-state index contributed by atoms with van der Waals surface area (Å²) in [5.74, 6) is 0. The van der Waals surface area contributed by atoms with Crippen molar-refractivity contribution in [2.45, 2.75) is 0 Å². The highest BCUT2D eigenvalue weighted by atomic mass is 34.1. The molecule has 0 amide bonds. The molecule has 0 aromatic rings. The number of hydrogen-bond donors (Lipinski definition) is 1. The highest BCUT2D eigenvalue weighted by Gasteiger charge is 2.07. The predicted molar refractivity (Wildman–Crippen MR) is 585 cm³/mol. The van der Waals surface area contributed by atoms with E-state index in [-0.39, 0.29) is 0 Å². The van der Waals surface area contributed by atoms with Crippen LogP contribution in [0.3, 0.4) is 0 Å². The minimum atomic E-state index is 1.40. The monoisotopic (exact) mass is 2460 g/mol. The Morgan fingerprint density at radius 1 is 0.128 bits per heavy atom. The standard InChI is InChI=1S/CH4OS76/c1-2-4-6-8-10-12-14-16-18-20-22-24-26-28-30-32-34-36-38-40-42-44-46-48-50-52-54-56-58-60-62-64-66-68-70-72-74-76-78-77-75-73-71-69-67-65-63-61-59-57-55-53-51-49-47-45-43-41-39-37-35-33-31-29-27-25-23-21-19-17-15-13-11-9-7-5-3/h3H,1H3. The van der Waals surface area contributed by atoms with Crippen molar-refractivity contribution in [1.29, 1.82) is 0 Å². The van der Waals surface area contributed by atoms with Gasteiger partial charge in [0, 0.05) is 649 Å². The Morgan fingerprint density at radius 3 is 0.282 bits per heavy atom. The van der Waals surface area contributed by atoms with E-state index in [0.29, 0.717) is 0 Å². The Labute approximate surface area is 739 Å². The van der Waals surface area contributed by atoms with E-state index in [0.717, 1.165) is 0 Å². The molecule has 0 saturated carbocycles. The average Bonchev–Trinajstić information content (AvgIpc) is 3.45. The highest BCUT2D eigenvalue weighted by Crippen LogP contribution is 2.72. The molecule has 0 radical (unpaired) electrons. The maximum atomic E-state index is 4.93. The summed E-state index contributed by atoms with van der Waals surface area (Å²) in [6.45, 7) is 0. The van der Waals surface area contributed by atoms with Crippen LogP contribution in [0.5, 0.6) is 0 Å². The van der Waals surface area contributed by atoms with Crippen LogP contribution >= 0.6 is 750 Å². The van der Waals surface area contributed by atoms with Gasteiger partial charge in [-0.05, 0) is 78.6 Å². The van der Waals surface area contributed by atoms with Crippen LogP contribution in [0.4, 0.5) is 0 Å². The summed E-state index contributed by atoms with van der Waals surface area (Å²) in [7, 11) is 136. The van der Waals surface area contributed by atoms with E-state index in [2.05, 4.69) is 11.7 Å². The van der Waals surface area contributed by atoms with Crippen LogP contribution in [-0.2, 0) is 4.18 Å². The van der Waals surface area contributed by atoms with Gasteiger partial charge in [0.15, 0.2) is 0 Å². The van der Waals surface area contributed by atoms with Crippen LogP contribution in [0.2, 0.25) is 0 Å². The Hall–Kier alpha value is 26.6. The quantitative estimate of drug-likeness (QED) is 0.0268. The van der Waals surface area contributed by atoms with Gasteiger partial charge in [0.1, 0.15) is 0 Å². The largest absolute Gasteiger partial charge is 0.308 e. The first-order chi connectivity index (χ1) is 38.9. The second-order valence-electron chi connectivity index (χ2n) is 5.28. The summed E-state index contributed by atoms with van der Waals surface area (Å²) < 4.78 is 4.93. The van der Waals surface area contributed by atoms with E-state index >= 15 is 0 Å². The lowest BCUT2D eigenvalue weighted by Crippen LogP contribution is -1.51. The molecular weight excluding hydrogens is 2470 g/mol. The lowest BCUT2D eigenvalue weighted by molar-refractivity contribution is 0.498. The Balaban J connectivity index is 3.08. The third-order valence-electron chi connectivity index (χ3n) is 2.13. The van der Waals surface area contributed by atoms with Gasteiger partial charge in [-0.1, -0.05) is 11.7 Å². The maximum absolute atomic E-state index is 4.93. The van der Waals surface area contributed by atoms with Crippen LogP contribution in [0, 0.1) is 0 Å². The zero-order valence-electron chi connectivity index (χ0n) is 32.5. The summed E-state index contributed by atoms with van der Waals surface area (Å²) in [5.41, 5.74) is 0. The molecule has 78 heavy (non-hydrogen) atoms. The van der Waals surface area contributed by atoms with Crippen molar-refractivity contribution in [3.05, 3.63) is 0 Å². The lowest BCUT2D eigenvalue weighted by Gasteiger charge is -2.00. The molecule has 0 aliphatic carbocycles. The molecule has 0 saturated heterocycles. The van der Waals surface area contributed by atoms with Crippen molar-refractivity contribution < 1.29 is 4.18 Å². The number of thiol groups is 1. The molecule has 0 heterocycles. The Morgan fingerprint density at radius 2 is 0.205 bits per heavy atom. The van der Waals surface area contributed by atoms with E-state index < -0.39 is 0 Å². The van der Waals surface area contributed by atoms with Gasteiger partial charge in [-0.25, -0.2) is 0 Å². The molecule has 0 aliphatic rings.